The predicted molar refractivity (Wildman–Crippen MR) is 321 cm³/mol. The second kappa shape index (κ2) is 22.9. The molecule has 4 unspecified atom stereocenters. The number of hydrogen-bond acceptors (Lipinski definition) is 15. The van der Waals surface area contributed by atoms with Crippen LogP contribution in [0.1, 0.15) is 108 Å². The maximum Gasteiger partial charge on any atom is 0.319 e. The number of aliphatic hydroxyl groups excluding tert-OH is 1. The second-order valence-electron chi connectivity index (χ2n) is 25.3. The van der Waals surface area contributed by atoms with E-state index in [2.05, 4.69) is 55.4 Å². The van der Waals surface area contributed by atoms with Crippen molar-refractivity contribution in [3.63, 3.8) is 0 Å². The van der Waals surface area contributed by atoms with E-state index in [4.69, 9.17) is 24.4 Å². The molecule has 6 aromatic rings. The van der Waals surface area contributed by atoms with E-state index < -0.39 is 23.9 Å². The van der Waals surface area contributed by atoms with Crippen molar-refractivity contribution < 1.29 is 33.7 Å². The molecule has 438 valence electrons. The van der Waals surface area contributed by atoms with Gasteiger partial charge >= 0.3 is 6.01 Å². The van der Waals surface area contributed by atoms with Crippen molar-refractivity contribution in [3.05, 3.63) is 101 Å². The number of benzene rings is 3. The molecule has 9 heterocycles. The zero-order valence-electron chi connectivity index (χ0n) is 48.5. The third kappa shape index (κ3) is 11.0. The van der Waals surface area contributed by atoms with Crippen molar-refractivity contribution in [2.45, 2.75) is 141 Å². The van der Waals surface area contributed by atoms with Gasteiger partial charge in [0.25, 0.3) is 0 Å². The summed E-state index contributed by atoms with van der Waals surface area (Å²) < 4.78 is 30.2. The lowest BCUT2D eigenvalue weighted by Gasteiger charge is -2.38. The third-order valence-electron chi connectivity index (χ3n) is 19.5. The van der Waals surface area contributed by atoms with Crippen LogP contribution in [-0.4, -0.2) is 152 Å². The average molecular weight is 1150 g/mol. The normalized spacial score (nSPS) is 25.7. The highest BCUT2D eigenvalue weighted by Gasteiger charge is 2.64. The molecule has 1 aliphatic carbocycles. The van der Waals surface area contributed by atoms with E-state index in [-0.39, 0.29) is 71.4 Å². The summed E-state index contributed by atoms with van der Waals surface area (Å²) in [6.07, 6.45) is 13.0. The molecule has 83 heavy (non-hydrogen) atoms. The molecule has 8 atom stereocenters. The highest BCUT2D eigenvalue weighted by atomic mass is 32.1. The molecule has 2 amide bonds. The lowest BCUT2D eigenvalue weighted by atomic mass is 9.82. The number of nitrogens with zero attached hydrogens (tertiary/aromatic N) is 8. The Bertz CT molecular complexity index is 3420. The Morgan fingerprint density at radius 3 is 2.41 bits per heavy atom. The number of piperidine rings is 2. The number of pyridine rings is 1. The number of aryl methyl sites for hydroxylation is 2. The predicted octanol–water partition coefficient (Wildman–Crippen LogP) is 9.35. The van der Waals surface area contributed by atoms with Crippen LogP contribution in [0.3, 0.4) is 0 Å². The molecule has 3 aromatic heterocycles. The summed E-state index contributed by atoms with van der Waals surface area (Å²) in [5.74, 6) is 1.17. The smallest absolute Gasteiger partial charge is 0.319 e. The highest BCUT2D eigenvalue weighted by molar-refractivity contribution is 7.13. The maximum absolute atomic E-state index is 17.2. The molecule has 13 rings (SSSR count). The van der Waals surface area contributed by atoms with Crippen LogP contribution in [0.15, 0.2) is 78.1 Å². The number of aliphatic hydroxyl groups is 1. The Morgan fingerprint density at radius 1 is 0.952 bits per heavy atom. The number of phenols is 1. The van der Waals surface area contributed by atoms with Gasteiger partial charge in [-0.25, -0.2) is 9.37 Å². The largest absolute Gasteiger partial charge is 0.508 e. The lowest BCUT2D eigenvalue weighted by Crippen LogP contribution is -2.51. The number of β-amino-alcohol motifs (C(OH)–C–C–N with tert-alkyl or cyclic N) is 1. The van der Waals surface area contributed by atoms with Gasteiger partial charge in [-0.2, -0.15) is 9.97 Å². The average Bonchev–Trinajstić information content (AvgIpc) is 1.88. The van der Waals surface area contributed by atoms with E-state index in [1.54, 1.807) is 34.6 Å². The van der Waals surface area contributed by atoms with Gasteiger partial charge in [-0.1, -0.05) is 63.2 Å². The number of aromatic nitrogens is 4. The van der Waals surface area contributed by atoms with E-state index in [0.29, 0.717) is 53.1 Å². The zero-order valence-corrected chi connectivity index (χ0v) is 49.3. The number of ether oxygens (including phenoxy) is 2. The Morgan fingerprint density at radius 2 is 1.70 bits per heavy atom. The molecule has 6 aliphatic heterocycles. The number of phenolic OH excluding ortho intramolecular Hbond substituents is 1. The van der Waals surface area contributed by atoms with E-state index in [1.165, 1.54) is 6.42 Å². The topological polar surface area (TPSA) is 182 Å². The van der Waals surface area contributed by atoms with Gasteiger partial charge in [-0.15, -0.1) is 11.3 Å². The van der Waals surface area contributed by atoms with Crippen molar-refractivity contribution in [3.8, 4) is 33.5 Å². The molecule has 16 nitrogen and oxygen atoms in total. The van der Waals surface area contributed by atoms with Crippen molar-refractivity contribution >= 4 is 50.6 Å². The molecule has 7 aliphatic rings. The number of nitrogens with one attached hydrogen (secondary N) is 2. The monoisotopic (exact) mass is 1150 g/mol. The van der Waals surface area contributed by atoms with Gasteiger partial charge in [-0.3, -0.25) is 24.4 Å². The minimum Gasteiger partial charge on any atom is -0.508 e. The molecule has 6 fully saturated rings. The number of halogens is 1. The Kier molecular flexibility index (Phi) is 15.4. The summed E-state index contributed by atoms with van der Waals surface area (Å²) in [6, 6.07) is 17.2. The first-order valence-electron chi connectivity index (χ1n) is 30.6. The van der Waals surface area contributed by atoms with Crippen LogP contribution in [0.5, 0.6) is 11.8 Å². The van der Waals surface area contributed by atoms with Gasteiger partial charge in [0.05, 0.1) is 45.1 Å². The summed E-state index contributed by atoms with van der Waals surface area (Å²) in [5.41, 5.74) is 6.60. The number of aromatic hydroxyl groups is 1. The zero-order chi connectivity index (χ0) is 57.3. The van der Waals surface area contributed by atoms with E-state index in [1.807, 2.05) is 63.5 Å². The minimum absolute atomic E-state index is 0.0292. The number of anilines is 1. The molecule has 4 N–H and O–H groups in total. The first-order chi connectivity index (χ1) is 40.2. The first kappa shape index (κ1) is 55.9. The third-order valence-corrected chi connectivity index (χ3v) is 20.5. The Balaban J connectivity index is 0.605. The standard InChI is InChI=1S/C65H79FN10O6S/c1-6-42-8-7-9-45-27-48(77)28-50(56(42)45)58-57(66)59-51(32-67-58)61(74-33-46-14-15-47(34-74)70-46)72-64(71-59)81-25-24-73-20-16-40(17-21-73)26-41-18-22-75(23-19-41)65-30-53(82-54(65)31-65)55(37(2)3)63(80)76-35-49(78)29-52(76)62(79)69-38(4)43-10-12-44(13-11-43)60-39(5)68-36-83-60/h7-13,27-28,30,32,36-38,40-41,46-47,49,52,54-55,70,77-78H,6,14-26,29,31,33-35H2,1-5H3,(H,69,79)/t38-,46?,47?,49+,52-,54?,55+,65?/m0/s1. The summed E-state index contributed by atoms with van der Waals surface area (Å²) >= 11 is 1.61. The van der Waals surface area contributed by atoms with Gasteiger partial charge in [-0.05, 0) is 155 Å². The number of carbonyl (C=O) groups excluding carboxylic acids is 2. The van der Waals surface area contributed by atoms with Gasteiger partial charge in [0.2, 0.25) is 11.8 Å². The van der Waals surface area contributed by atoms with Gasteiger partial charge in [0, 0.05) is 62.9 Å². The van der Waals surface area contributed by atoms with Crippen molar-refractivity contribution in [1.29, 1.82) is 0 Å². The minimum atomic E-state index is -0.783. The fraction of sp³-hybridized carbons (Fsp3) is 0.538. The Hall–Kier alpha value is -6.31. The molecule has 1 saturated carbocycles. The molecular formula is C65H79FN10O6S. The van der Waals surface area contributed by atoms with Crippen molar-refractivity contribution in [1.82, 2.24) is 45.3 Å². The number of rotatable bonds is 17. The number of piperazine rings is 1. The van der Waals surface area contributed by atoms with Crippen LogP contribution >= 0.6 is 11.3 Å². The van der Waals surface area contributed by atoms with Crippen LogP contribution in [-0.2, 0) is 20.7 Å². The van der Waals surface area contributed by atoms with Crippen LogP contribution < -0.4 is 20.3 Å². The van der Waals surface area contributed by atoms with Crippen LogP contribution in [0.25, 0.3) is 43.4 Å². The van der Waals surface area contributed by atoms with Crippen LogP contribution in [0.2, 0.25) is 0 Å². The van der Waals surface area contributed by atoms with E-state index in [9.17, 15) is 19.8 Å². The quantitative estimate of drug-likeness (QED) is 0.0678. The van der Waals surface area contributed by atoms with Crippen LogP contribution in [0.4, 0.5) is 10.2 Å². The summed E-state index contributed by atoms with van der Waals surface area (Å²) in [5, 5.41) is 30.8. The van der Waals surface area contributed by atoms with Gasteiger partial charge in [0.1, 0.15) is 47.3 Å². The highest BCUT2D eigenvalue weighted by Crippen LogP contribution is 2.55. The number of amides is 2. The van der Waals surface area contributed by atoms with Gasteiger partial charge < -0.3 is 40.1 Å². The lowest BCUT2D eigenvalue weighted by molar-refractivity contribution is -0.143. The summed E-state index contributed by atoms with van der Waals surface area (Å²) in [7, 11) is 0. The number of fused-ring (bicyclic) bond motifs is 5. The number of thiazole rings is 1. The number of likely N-dealkylation sites (tertiary alicyclic amines) is 3. The molecule has 2 bridgehead atoms. The molecule has 0 radical (unpaired) electrons. The number of hydrogen-bond donors (Lipinski definition) is 4. The molecule has 5 saturated heterocycles. The van der Waals surface area contributed by atoms with Gasteiger partial charge in [0.15, 0.2) is 5.82 Å². The second-order valence-corrected chi connectivity index (χ2v) is 26.2. The number of carbonyl (C=O) groups is 2. The summed E-state index contributed by atoms with van der Waals surface area (Å²) in [6.45, 7) is 16.9. The Labute approximate surface area is 489 Å². The molecular weight excluding hydrogens is 1070 g/mol. The maximum atomic E-state index is 17.2. The van der Waals surface area contributed by atoms with Crippen molar-refractivity contribution in [2.24, 2.45) is 23.7 Å². The molecule has 18 heteroatoms. The fourth-order valence-electron chi connectivity index (χ4n) is 14.9. The summed E-state index contributed by atoms with van der Waals surface area (Å²) in [4.78, 5) is 57.5. The first-order valence-corrected chi connectivity index (χ1v) is 31.5. The van der Waals surface area contributed by atoms with Crippen molar-refractivity contribution in [2.75, 3.05) is 63.9 Å². The fourth-order valence-corrected chi connectivity index (χ4v) is 15.7. The van der Waals surface area contributed by atoms with Crippen LogP contribution in [0, 0.1) is 36.4 Å². The molecule has 3 aromatic carbocycles. The van der Waals surface area contributed by atoms with E-state index >= 15 is 4.39 Å². The molecule has 0 spiro atoms. The SMILES string of the molecule is CCc1cccc2cc(O)cc(-c3ncc4c(N5CC6CCC(C5)N6)nc(OCCN5CCC(CC6CCN(C78C=C([C@H](C(=O)N9C[C@H](O)C[C@H]9C(=O)N[C@@H](C)c9ccc(-c%10scnc%10C)cc9)C(C)C)OC7C8)CC6)CC5)nc4c3F)c12. The van der Waals surface area contributed by atoms with E-state index in [0.717, 1.165) is 135 Å².